The minimum atomic E-state index is -4.42. The van der Waals surface area contributed by atoms with Crippen LogP contribution in [0.3, 0.4) is 0 Å². The van der Waals surface area contributed by atoms with Crippen molar-refractivity contribution in [2.24, 2.45) is 0 Å². The van der Waals surface area contributed by atoms with Gasteiger partial charge in [0, 0.05) is 19.2 Å². The van der Waals surface area contributed by atoms with Crippen LogP contribution in [0.4, 0.5) is 18.9 Å². The van der Waals surface area contributed by atoms with E-state index in [1.54, 1.807) is 7.05 Å². The zero-order valence-corrected chi connectivity index (χ0v) is 15.2. The van der Waals surface area contributed by atoms with Crippen molar-refractivity contribution in [3.63, 3.8) is 0 Å². The van der Waals surface area contributed by atoms with Gasteiger partial charge in [-0.25, -0.2) is 0 Å². The van der Waals surface area contributed by atoms with Gasteiger partial charge in [-0.2, -0.15) is 13.2 Å². The van der Waals surface area contributed by atoms with E-state index in [0.29, 0.717) is 13.1 Å². The van der Waals surface area contributed by atoms with E-state index in [-0.39, 0.29) is 17.6 Å². The van der Waals surface area contributed by atoms with Crippen LogP contribution in [0, 0.1) is 0 Å². The fourth-order valence-electron chi connectivity index (χ4n) is 3.18. The van der Waals surface area contributed by atoms with E-state index >= 15 is 0 Å². The molecule has 144 valence electrons. The highest BCUT2D eigenvalue weighted by Crippen LogP contribution is 2.33. The zero-order valence-electron chi connectivity index (χ0n) is 15.2. The van der Waals surface area contributed by atoms with E-state index in [0.717, 1.165) is 30.1 Å². The Morgan fingerprint density at radius 1 is 1.19 bits per heavy atom. The van der Waals surface area contributed by atoms with Gasteiger partial charge in [-0.3, -0.25) is 4.79 Å². The number of nitrogens with zero attached hydrogens (tertiary/aromatic N) is 2. The summed E-state index contributed by atoms with van der Waals surface area (Å²) in [6.07, 6.45) is -4.64. The minimum Gasteiger partial charge on any atom is -0.485 e. The summed E-state index contributed by atoms with van der Waals surface area (Å²) >= 11 is 0. The summed E-state index contributed by atoms with van der Waals surface area (Å²) in [5, 5.41) is 0. The maximum atomic E-state index is 12.7. The highest BCUT2D eigenvalue weighted by Gasteiger charge is 2.31. The standard InChI is InChI=1S/C20H21F3N2O2/c1-3-25-13-16(27-18-7-5-4-6-17(18)25)12-24(2)19(26)14-8-10-15(11-9-14)20(21,22)23/h4-11,16H,3,12-13H2,1-2H3/t16-/m1/s1. The van der Waals surface area contributed by atoms with Crippen molar-refractivity contribution in [3.05, 3.63) is 59.7 Å². The lowest BCUT2D eigenvalue weighted by molar-refractivity contribution is -0.137. The Bertz CT molecular complexity index is 806. The SMILES string of the molecule is CCN1C[C@@H](CN(C)C(=O)c2ccc(C(F)(F)F)cc2)Oc2ccccc21. The van der Waals surface area contributed by atoms with Crippen molar-refractivity contribution in [1.29, 1.82) is 0 Å². The number of carbonyl (C=O) groups is 1. The quantitative estimate of drug-likeness (QED) is 0.804. The fraction of sp³-hybridized carbons (Fsp3) is 0.350. The smallest absolute Gasteiger partial charge is 0.416 e. The third kappa shape index (κ3) is 4.18. The molecule has 0 N–H and O–H groups in total. The number of para-hydroxylation sites is 2. The summed E-state index contributed by atoms with van der Waals surface area (Å²) in [7, 11) is 1.63. The van der Waals surface area contributed by atoms with Crippen LogP contribution in [0.1, 0.15) is 22.8 Å². The average molecular weight is 378 g/mol. The molecule has 7 heteroatoms. The molecular weight excluding hydrogens is 357 g/mol. The summed E-state index contributed by atoms with van der Waals surface area (Å²) < 4.78 is 44.0. The molecule has 4 nitrogen and oxygen atoms in total. The second-order valence-corrected chi connectivity index (χ2v) is 6.51. The molecule has 1 aliphatic rings. The molecule has 1 amide bonds. The van der Waals surface area contributed by atoms with Gasteiger partial charge in [0.1, 0.15) is 11.9 Å². The van der Waals surface area contributed by atoms with Gasteiger partial charge in [-0.1, -0.05) is 12.1 Å². The molecule has 0 saturated carbocycles. The number of fused-ring (bicyclic) bond motifs is 1. The molecule has 0 bridgehead atoms. The van der Waals surface area contributed by atoms with Crippen LogP contribution in [0.2, 0.25) is 0 Å². The Labute approximate surface area is 156 Å². The minimum absolute atomic E-state index is 0.217. The predicted molar refractivity (Wildman–Crippen MR) is 97.1 cm³/mol. The fourth-order valence-corrected chi connectivity index (χ4v) is 3.18. The van der Waals surface area contributed by atoms with Crippen LogP contribution < -0.4 is 9.64 Å². The van der Waals surface area contributed by atoms with Gasteiger partial charge in [0.25, 0.3) is 5.91 Å². The summed E-state index contributed by atoms with van der Waals surface area (Å²) in [6.45, 7) is 3.84. The van der Waals surface area contributed by atoms with Crippen LogP contribution >= 0.6 is 0 Å². The molecule has 1 atom stereocenters. The number of hydrogen-bond acceptors (Lipinski definition) is 3. The molecule has 2 aromatic carbocycles. The lowest BCUT2D eigenvalue weighted by atomic mass is 10.1. The Morgan fingerprint density at radius 2 is 1.85 bits per heavy atom. The van der Waals surface area contributed by atoms with Crippen LogP contribution in [0.15, 0.2) is 48.5 Å². The largest absolute Gasteiger partial charge is 0.485 e. The Morgan fingerprint density at radius 3 is 2.48 bits per heavy atom. The van der Waals surface area contributed by atoms with Gasteiger partial charge in [-0.15, -0.1) is 0 Å². The lowest BCUT2D eigenvalue weighted by Gasteiger charge is -2.37. The number of likely N-dealkylation sites (N-methyl/N-ethyl adjacent to an activating group) is 2. The van der Waals surface area contributed by atoms with Gasteiger partial charge in [0.2, 0.25) is 0 Å². The van der Waals surface area contributed by atoms with Gasteiger partial charge < -0.3 is 14.5 Å². The monoisotopic (exact) mass is 378 g/mol. The first kappa shape index (κ1) is 19.1. The third-order valence-corrected chi connectivity index (χ3v) is 4.59. The first-order chi connectivity index (χ1) is 12.8. The van der Waals surface area contributed by atoms with Crippen LogP contribution in [-0.2, 0) is 6.18 Å². The molecule has 0 saturated heterocycles. The highest BCUT2D eigenvalue weighted by molar-refractivity contribution is 5.94. The van der Waals surface area contributed by atoms with E-state index in [1.807, 2.05) is 24.3 Å². The average Bonchev–Trinajstić information content (AvgIpc) is 2.66. The maximum Gasteiger partial charge on any atom is 0.416 e. The summed E-state index contributed by atoms with van der Waals surface area (Å²) in [5.41, 5.74) is 0.467. The van der Waals surface area contributed by atoms with Crippen molar-refractivity contribution in [2.75, 3.05) is 31.6 Å². The topological polar surface area (TPSA) is 32.8 Å². The van der Waals surface area contributed by atoms with Gasteiger partial charge in [-0.05, 0) is 43.3 Å². The van der Waals surface area contributed by atoms with E-state index < -0.39 is 11.7 Å². The first-order valence-corrected chi connectivity index (χ1v) is 8.73. The second kappa shape index (κ2) is 7.50. The number of carbonyl (C=O) groups excluding carboxylic acids is 1. The van der Waals surface area contributed by atoms with E-state index in [4.69, 9.17) is 4.74 Å². The molecule has 27 heavy (non-hydrogen) atoms. The van der Waals surface area contributed by atoms with Gasteiger partial charge in [0.15, 0.2) is 0 Å². The van der Waals surface area contributed by atoms with Crippen LogP contribution in [0.25, 0.3) is 0 Å². The molecule has 2 aromatic rings. The van der Waals surface area contributed by atoms with Gasteiger partial charge in [0.05, 0.1) is 24.3 Å². The van der Waals surface area contributed by atoms with Crippen LogP contribution in [0.5, 0.6) is 5.75 Å². The Hall–Kier alpha value is -2.70. The second-order valence-electron chi connectivity index (χ2n) is 6.51. The maximum absolute atomic E-state index is 12.7. The van der Waals surface area contributed by atoms with Gasteiger partial charge >= 0.3 is 6.18 Å². The number of ether oxygens (including phenoxy) is 1. The van der Waals surface area contributed by atoms with Crippen molar-refractivity contribution >= 4 is 11.6 Å². The molecule has 3 rings (SSSR count). The molecule has 0 unspecified atom stereocenters. The Balaban J connectivity index is 1.68. The number of hydrogen-bond donors (Lipinski definition) is 0. The van der Waals surface area contributed by atoms with Crippen LogP contribution in [-0.4, -0.2) is 43.6 Å². The predicted octanol–water partition coefficient (Wildman–Crippen LogP) is 4.06. The zero-order chi connectivity index (χ0) is 19.6. The Kier molecular flexibility index (Phi) is 5.30. The summed E-state index contributed by atoms with van der Waals surface area (Å²) in [5.74, 6) is 0.431. The molecule has 0 radical (unpaired) electrons. The molecule has 1 heterocycles. The summed E-state index contributed by atoms with van der Waals surface area (Å²) in [4.78, 5) is 16.2. The first-order valence-electron chi connectivity index (χ1n) is 8.73. The van der Waals surface area contributed by atoms with Crippen molar-refractivity contribution < 1.29 is 22.7 Å². The number of alkyl halides is 3. The van der Waals surface area contributed by atoms with E-state index in [2.05, 4.69) is 11.8 Å². The number of halogens is 3. The molecular formula is C20H21F3N2O2. The number of amides is 1. The van der Waals surface area contributed by atoms with E-state index in [1.165, 1.54) is 17.0 Å². The van der Waals surface area contributed by atoms with Crippen molar-refractivity contribution in [2.45, 2.75) is 19.2 Å². The molecule has 0 aromatic heterocycles. The van der Waals surface area contributed by atoms with Crippen molar-refractivity contribution in [3.8, 4) is 5.75 Å². The number of anilines is 1. The van der Waals surface area contributed by atoms with Crippen molar-refractivity contribution in [1.82, 2.24) is 4.90 Å². The molecule has 0 fully saturated rings. The summed E-state index contributed by atoms with van der Waals surface area (Å²) in [6, 6.07) is 12.0. The van der Waals surface area contributed by atoms with E-state index in [9.17, 15) is 18.0 Å². The normalized spacial score (nSPS) is 16.5. The number of rotatable bonds is 4. The molecule has 1 aliphatic heterocycles. The highest BCUT2D eigenvalue weighted by atomic mass is 19.4. The third-order valence-electron chi connectivity index (χ3n) is 4.59. The lowest BCUT2D eigenvalue weighted by Crippen LogP contribution is -2.46. The number of benzene rings is 2. The molecule has 0 spiro atoms. The molecule has 0 aliphatic carbocycles.